The van der Waals surface area contributed by atoms with Gasteiger partial charge in [0.05, 0.1) is 11.0 Å². The molecule has 8 heterocycles. The molecule has 0 aliphatic heterocycles. The zero-order valence-corrected chi connectivity index (χ0v) is 50.7. The predicted molar refractivity (Wildman–Crippen MR) is 381 cm³/mol. The number of fused-ring (bicyclic) bond motifs is 18. The van der Waals surface area contributed by atoms with E-state index in [1.807, 2.05) is 40.9 Å². The Morgan fingerprint density at radius 1 is 0.341 bits per heavy atom. The van der Waals surface area contributed by atoms with Crippen molar-refractivity contribution in [2.24, 2.45) is 0 Å². The molecule has 0 fully saturated rings. The highest BCUT2D eigenvalue weighted by Crippen LogP contribution is 2.44. The van der Waals surface area contributed by atoms with Crippen LogP contribution in [-0.4, -0.2) is 29.5 Å². The van der Waals surface area contributed by atoms with Crippen molar-refractivity contribution in [3.8, 4) is 50.5 Å². The van der Waals surface area contributed by atoms with Crippen molar-refractivity contribution >= 4 is 162 Å². The number of nitrogens with one attached hydrogen (secondary N) is 1. The van der Waals surface area contributed by atoms with Gasteiger partial charge in [-0.3, -0.25) is 0 Å². The van der Waals surface area contributed by atoms with Gasteiger partial charge in [-0.15, -0.1) is 22.7 Å². The SMILES string of the molecule is Clc1ccc2oc3c(-c4cccc(-c5cccc6c5sc5ccccc56)c4)ncnc3c2c1.c1cc(-c2ncnc3c2oc2ccc(-n4c5ccccc5c5ccccc54)cc23)cc(-c2cccc3c2sc2ccccc23)c1.c1ccc2c(c1)[nH]c1ccccc12. The van der Waals surface area contributed by atoms with Gasteiger partial charge in [-0.25, -0.2) is 19.9 Å². The molecule has 0 unspecified atom stereocenters. The maximum Gasteiger partial charge on any atom is 0.180 e. The Kier molecular flexibility index (Phi) is 12.5. The predicted octanol–water partition coefficient (Wildman–Crippen LogP) is 23.2. The van der Waals surface area contributed by atoms with E-state index in [2.05, 4.69) is 268 Å². The molecule has 0 aliphatic carbocycles. The first kappa shape index (κ1) is 52.8. The number of furan rings is 2. The van der Waals surface area contributed by atoms with Gasteiger partial charge >= 0.3 is 0 Å². The number of aromatic amines is 1. The minimum atomic E-state index is 0.656. The smallest absolute Gasteiger partial charge is 0.180 e. The van der Waals surface area contributed by atoms with Crippen LogP contribution in [0, 0.1) is 0 Å². The second kappa shape index (κ2) is 21.5. The summed E-state index contributed by atoms with van der Waals surface area (Å²) in [5.41, 5.74) is 18.6. The van der Waals surface area contributed by atoms with Gasteiger partial charge in [0.25, 0.3) is 0 Å². The second-order valence-corrected chi connectivity index (χ2v) is 25.2. The van der Waals surface area contributed by atoms with Crippen LogP contribution in [0.1, 0.15) is 0 Å². The van der Waals surface area contributed by atoms with E-state index in [1.165, 1.54) is 95.1 Å². The Hall–Kier alpha value is -11.3. The molecule has 20 rings (SSSR count). The average molecular weight is 1220 g/mol. The topological polar surface area (TPSA) is 98.6 Å². The van der Waals surface area contributed by atoms with Crippen molar-refractivity contribution in [1.29, 1.82) is 0 Å². The summed E-state index contributed by atoms with van der Waals surface area (Å²) in [6.45, 7) is 0. The van der Waals surface area contributed by atoms with Crippen LogP contribution in [0.25, 0.3) is 179 Å². The molecule has 12 aromatic carbocycles. The molecule has 11 heteroatoms. The van der Waals surface area contributed by atoms with E-state index in [9.17, 15) is 0 Å². The van der Waals surface area contributed by atoms with Crippen molar-refractivity contribution in [2.45, 2.75) is 0 Å². The number of nitrogens with zero attached hydrogens (tertiary/aromatic N) is 5. The van der Waals surface area contributed by atoms with Crippen LogP contribution < -0.4 is 0 Å². The third kappa shape index (κ3) is 8.86. The van der Waals surface area contributed by atoms with E-state index < -0.39 is 0 Å². The van der Waals surface area contributed by atoms with Crippen molar-refractivity contribution in [1.82, 2.24) is 29.5 Å². The average Bonchev–Trinajstić information content (AvgIpc) is 1.67. The van der Waals surface area contributed by atoms with Gasteiger partial charge < -0.3 is 18.4 Å². The number of rotatable bonds is 5. The van der Waals surface area contributed by atoms with Gasteiger partial charge in [0.2, 0.25) is 0 Å². The molecule has 0 saturated heterocycles. The normalized spacial score (nSPS) is 11.8. The monoisotopic (exact) mass is 1220 g/mol. The molecule has 0 radical (unpaired) electrons. The Bertz CT molecular complexity index is 6180. The number of halogens is 1. The molecule has 428 valence electrons. The van der Waals surface area contributed by atoms with E-state index in [-0.39, 0.29) is 0 Å². The molecular weight excluding hydrogens is 1180 g/mol. The third-order valence-corrected chi connectivity index (χ3v) is 20.1. The Labute approximate surface area is 532 Å². The lowest BCUT2D eigenvalue weighted by molar-refractivity contribution is 0.666. The maximum absolute atomic E-state index is 6.51. The number of para-hydroxylation sites is 4. The molecule has 1 N–H and O–H groups in total. The van der Waals surface area contributed by atoms with E-state index in [0.29, 0.717) is 16.2 Å². The highest BCUT2D eigenvalue weighted by Gasteiger charge is 2.21. The van der Waals surface area contributed by atoms with E-state index in [0.717, 1.165) is 72.3 Å². The van der Waals surface area contributed by atoms with Crippen LogP contribution in [0.4, 0.5) is 0 Å². The number of H-pyrrole nitrogens is 1. The van der Waals surface area contributed by atoms with Gasteiger partial charge in [0.15, 0.2) is 11.2 Å². The van der Waals surface area contributed by atoms with Crippen molar-refractivity contribution in [3.63, 3.8) is 0 Å². The molecule has 0 atom stereocenters. The summed E-state index contributed by atoms with van der Waals surface area (Å²) < 4.78 is 20.2. The standard InChI is InChI=1S/C40H23N3OS.C28H15ClN2OS.C12H9N/c1-4-16-33-28(11-1)29-12-2-5-17-34(29)43(33)26-19-20-35-32(22-26)38-39(44-35)37(41-23-42-38)25-10-7-9-24(21-25)27-14-8-15-31-30-13-3-6-18-36(30)45-40(27)31;29-18-11-12-23-22(14-18)26-27(32-23)25(30-15-31-26)17-6-3-5-16(13-17)19-8-4-9-21-20-7-1-2-10-24(20)33-28(19)21;1-3-7-11-9(5-1)10-6-2-4-8-12(10)13-11/h1-23H;1-15H;1-8,13H. The first-order chi connectivity index (χ1) is 45.0. The van der Waals surface area contributed by atoms with E-state index in [4.69, 9.17) is 30.4 Å². The lowest BCUT2D eigenvalue weighted by atomic mass is 9.99. The van der Waals surface area contributed by atoms with Gasteiger partial charge in [-0.1, -0.05) is 194 Å². The summed E-state index contributed by atoms with van der Waals surface area (Å²) >= 11 is 9.89. The fraction of sp³-hybridized carbons (Fsp3) is 0. The molecule has 0 saturated carbocycles. The second-order valence-electron chi connectivity index (χ2n) is 22.6. The third-order valence-electron chi connectivity index (χ3n) is 17.4. The summed E-state index contributed by atoms with van der Waals surface area (Å²) in [5.74, 6) is 0. The zero-order valence-electron chi connectivity index (χ0n) is 48.3. The molecule has 0 spiro atoms. The fourth-order valence-corrected chi connectivity index (χ4v) is 15.9. The molecule has 0 bridgehead atoms. The number of hydrogen-bond donors (Lipinski definition) is 1. The zero-order chi connectivity index (χ0) is 60.1. The lowest BCUT2D eigenvalue weighted by Gasteiger charge is -2.08. The van der Waals surface area contributed by atoms with Gasteiger partial charge in [0.1, 0.15) is 46.2 Å². The quantitative estimate of drug-likeness (QED) is 0.184. The van der Waals surface area contributed by atoms with E-state index >= 15 is 0 Å². The Morgan fingerprint density at radius 3 is 1.31 bits per heavy atom. The van der Waals surface area contributed by atoms with Crippen LogP contribution in [0.5, 0.6) is 0 Å². The molecule has 8 aromatic heterocycles. The molecular formula is C80H47ClN6O2S2. The number of thiophene rings is 2. The fourth-order valence-electron chi connectivity index (χ4n) is 13.3. The van der Waals surface area contributed by atoms with Crippen LogP contribution in [0.15, 0.2) is 288 Å². The van der Waals surface area contributed by atoms with Crippen LogP contribution in [-0.2, 0) is 0 Å². The van der Waals surface area contributed by atoms with Crippen LogP contribution >= 0.6 is 34.3 Å². The van der Waals surface area contributed by atoms with Crippen LogP contribution in [0.2, 0.25) is 5.02 Å². The first-order valence-electron chi connectivity index (χ1n) is 30.0. The number of aromatic nitrogens is 6. The van der Waals surface area contributed by atoms with Gasteiger partial charge in [-0.05, 0) is 107 Å². The number of benzene rings is 12. The highest BCUT2D eigenvalue weighted by molar-refractivity contribution is 7.26. The van der Waals surface area contributed by atoms with Gasteiger partial charge in [-0.2, -0.15) is 0 Å². The molecule has 91 heavy (non-hydrogen) atoms. The largest absolute Gasteiger partial charge is 0.452 e. The summed E-state index contributed by atoms with van der Waals surface area (Å²) in [7, 11) is 0. The summed E-state index contributed by atoms with van der Waals surface area (Å²) in [4.78, 5) is 21.9. The minimum Gasteiger partial charge on any atom is -0.452 e. The van der Waals surface area contributed by atoms with Gasteiger partial charge in [0, 0.05) is 106 Å². The summed E-state index contributed by atoms with van der Waals surface area (Å²) in [6, 6.07) is 93.2. The van der Waals surface area contributed by atoms with E-state index in [1.54, 1.807) is 12.7 Å². The molecule has 0 amide bonds. The van der Waals surface area contributed by atoms with Crippen molar-refractivity contribution in [3.05, 3.63) is 285 Å². The van der Waals surface area contributed by atoms with Crippen molar-refractivity contribution < 1.29 is 8.83 Å². The molecule has 20 aromatic rings. The minimum absolute atomic E-state index is 0.656. The number of hydrogen-bond acceptors (Lipinski definition) is 8. The Balaban J connectivity index is 0.000000116. The van der Waals surface area contributed by atoms with Crippen LogP contribution in [0.3, 0.4) is 0 Å². The van der Waals surface area contributed by atoms with Crippen molar-refractivity contribution in [2.75, 3.05) is 0 Å². The summed E-state index contributed by atoms with van der Waals surface area (Å²) in [6.07, 6.45) is 3.24. The molecule has 8 nitrogen and oxygen atoms in total. The highest BCUT2D eigenvalue weighted by atomic mass is 35.5. The first-order valence-corrected chi connectivity index (χ1v) is 32.0. The molecule has 0 aliphatic rings. The summed E-state index contributed by atoms with van der Waals surface area (Å²) in [5, 5.41) is 12.8. The lowest BCUT2D eigenvalue weighted by Crippen LogP contribution is -1.93. The maximum atomic E-state index is 6.51. The Morgan fingerprint density at radius 2 is 0.769 bits per heavy atom.